The highest BCUT2D eigenvalue weighted by atomic mass is 79.9. The molecule has 21 heavy (non-hydrogen) atoms. The van der Waals surface area contributed by atoms with Gasteiger partial charge in [0.2, 0.25) is 0 Å². The van der Waals surface area contributed by atoms with Crippen molar-refractivity contribution in [2.45, 2.75) is 20.1 Å². The second-order valence-corrected chi connectivity index (χ2v) is 6.28. The zero-order chi connectivity index (χ0) is 15.1. The van der Waals surface area contributed by atoms with Gasteiger partial charge in [-0.15, -0.1) is 11.3 Å². The lowest BCUT2D eigenvalue weighted by Crippen LogP contribution is -2.19. The molecule has 1 aromatic heterocycles. The average molecular weight is 371 g/mol. The Bertz CT molecular complexity index is 561. The minimum absolute atomic E-state index is 0.497. The van der Waals surface area contributed by atoms with Crippen molar-refractivity contribution in [1.29, 1.82) is 0 Å². The predicted molar refractivity (Wildman–Crippen MR) is 88.9 cm³/mol. The number of thiazole rings is 1. The molecule has 0 bridgehead atoms. The van der Waals surface area contributed by atoms with Gasteiger partial charge in [0, 0.05) is 35.6 Å². The van der Waals surface area contributed by atoms with Gasteiger partial charge in [-0.25, -0.2) is 4.98 Å². The van der Waals surface area contributed by atoms with Gasteiger partial charge in [-0.05, 0) is 24.6 Å². The molecule has 0 saturated carbocycles. The van der Waals surface area contributed by atoms with Crippen molar-refractivity contribution in [3.8, 4) is 5.75 Å². The summed E-state index contributed by atoms with van der Waals surface area (Å²) >= 11 is 5.12. The molecule has 0 fully saturated rings. The number of halogens is 1. The van der Waals surface area contributed by atoms with Gasteiger partial charge in [0.1, 0.15) is 12.4 Å². The Kier molecular flexibility index (Phi) is 6.63. The molecule has 2 rings (SSSR count). The predicted octanol–water partition coefficient (Wildman–Crippen LogP) is 3.53. The Hall–Kier alpha value is -0.950. The molecule has 0 aliphatic heterocycles. The molecule has 0 saturated heterocycles. The highest BCUT2D eigenvalue weighted by Gasteiger charge is 2.10. The summed E-state index contributed by atoms with van der Waals surface area (Å²) in [6, 6.07) is 4.15. The molecule has 0 atom stereocenters. The average Bonchev–Trinajstić information content (AvgIpc) is 2.95. The van der Waals surface area contributed by atoms with E-state index in [2.05, 4.69) is 45.3 Å². The third-order valence-electron chi connectivity index (χ3n) is 2.96. The maximum Gasteiger partial charge on any atom is 0.131 e. The molecular formula is C15H19BrN2O2S. The summed E-state index contributed by atoms with van der Waals surface area (Å²) in [7, 11) is 1.70. The molecular weight excluding hydrogens is 352 g/mol. The van der Waals surface area contributed by atoms with Crippen molar-refractivity contribution in [2.24, 2.45) is 0 Å². The zero-order valence-corrected chi connectivity index (χ0v) is 14.6. The monoisotopic (exact) mass is 370 g/mol. The van der Waals surface area contributed by atoms with Gasteiger partial charge in [0.25, 0.3) is 0 Å². The van der Waals surface area contributed by atoms with Crippen LogP contribution in [0.3, 0.4) is 0 Å². The van der Waals surface area contributed by atoms with Crippen LogP contribution in [0.5, 0.6) is 5.75 Å². The largest absolute Gasteiger partial charge is 0.487 e. The van der Waals surface area contributed by atoms with Gasteiger partial charge in [0.15, 0.2) is 0 Å². The molecule has 1 N–H and O–H groups in total. The van der Waals surface area contributed by atoms with E-state index in [1.807, 2.05) is 10.9 Å². The van der Waals surface area contributed by atoms with Crippen molar-refractivity contribution >= 4 is 27.3 Å². The molecule has 0 aliphatic rings. The quantitative estimate of drug-likeness (QED) is 0.721. The van der Waals surface area contributed by atoms with Crippen LogP contribution < -0.4 is 10.1 Å². The smallest absolute Gasteiger partial charge is 0.131 e. The summed E-state index contributed by atoms with van der Waals surface area (Å²) in [5, 5.41) is 5.36. The molecule has 0 radical (unpaired) electrons. The number of aryl methyl sites for hydroxylation is 1. The first kappa shape index (κ1) is 16.4. The number of hydrogen-bond donors (Lipinski definition) is 1. The van der Waals surface area contributed by atoms with Crippen molar-refractivity contribution in [3.05, 3.63) is 44.3 Å². The number of nitrogens with zero attached hydrogens (tertiary/aromatic N) is 1. The maximum absolute atomic E-state index is 5.98. The van der Waals surface area contributed by atoms with Crippen molar-refractivity contribution in [1.82, 2.24) is 10.3 Å². The summed E-state index contributed by atoms with van der Waals surface area (Å²) in [5.74, 6) is 0.927. The molecule has 0 unspecified atom stereocenters. The van der Waals surface area contributed by atoms with Crippen LogP contribution in [0.25, 0.3) is 0 Å². The number of benzene rings is 1. The molecule has 1 heterocycles. The Balaban J connectivity index is 2.06. The van der Waals surface area contributed by atoms with Gasteiger partial charge in [0.05, 0.1) is 17.8 Å². The molecule has 6 heteroatoms. The first-order valence-electron chi connectivity index (χ1n) is 6.69. The van der Waals surface area contributed by atoms with E-state index < -0.39 is 0 Å². The SMILES string of the molecule is COCCNCc1cc(Br)cc(C)c1OCc1cscn1. The van der Waals surface area contributed by atoms with Crippen LogP contribution in [-0.2, 0) is 17.9 Å². The van der Waals surface area contributed by atoms with E-state index in [1.54, 1.807) is 18.4 Å². The second kappa shape index (κ2) is 8.48. The van der Waals surface area contributed by atoms with Crippen LogP contribution >= 0.6 is 27.3 Å². The molecule has 0 spiro atoms. The standard InChI is InChI=1S/C15H19BrN2O2S/c1-11-5-13(16)6-12(7-17-3-4-19-2)15(11)20-8-14-9-21-10-18-14/h5-6,9-10,17H,3-4,7-8H2,1-2H3. The molecule has 2 aromatic rings. The van der Waals surface area contributed by atoms with E-state index in [1.165, 1.54) is 0 Å². The van der Waals surface area contributed by atoms with Crippen LogP contribution in [0.2, 0.25) is 0 Å². The number of ether oxygens (including phenoxy) is 2. The van der Waals surface area contributed by atoms with Gasteiger partial charge in [-0.1, -0.05) is 15.9 Å². The summed E-state index contributed by atoms with van der Waals surface area (Å²) in [4.78, 5) is 4.25. The van der Waals surface area contributed by atoms with Crippen LogP contribution in [-0.4, -0.2) is 25.2 Å². The molecule has 0 amide bonds. The maximum atomic E-state index is 5.98. The Labute approximate surface area is 137 Å². The number of hydrogen-bond acceptors (Lipinski definition) is 5. The Morgan fingerprint density at radius 1 is 1.38 bits per heavy atom. The van der Waals surface area contributed by atoms with Gasteiger partial charge < -0.3 is 14.8 Å². The number of rotatable bonds is 8. The van der Waals surface area contributed by atoms with E-state index in [0.717, 1.165) is 40.1 Å². The van der Waals surface area contributed by atoms with Crippen molar-refractivity contribution in [3.63, 3.8) is 0 Å². The van der Waals surface area contributed by atoms with Crippen LogP contribution in [0.4, 0.5) is 0 Å². The lowest BCUT2D eigenvalue weighted by atomic mass is 10.1. The third kappa shape index (κ3) is 5.07. The first-order valence-corrected chi connectivity index (χ1v) is 8.43. The van der Waals surface area contributed by atoms with Gasteiger partial charge in [-0.3, -0.25) is 0 Å². The normalized spacial score (nSPS) is 10.8. The fourth-order valence-electron chi connectivity index (χ4n) is 1.99. The fourth-order valence-corrected chi connectivity index (χ4v) is 3.15. The highest BCUT2D eigenvalue weighted by Crippen LogP contribution is 2.28. The van der Waals surface area contributed by atoms with E-state index in [9.17, 15) is 0 Å². The lowest BCUT2D eigenvalue weighted by molar-refractivity contribution is 0.199. The summed E-state index contributed by atoms with van der Waals surface area (Å²) < 4.78 is 12.1. The Morgan fingerprint density at radius 3 is 2.95 bits per heavy atom. The van der Waals surface area contributed by atoms with Crippen LogP contribution in [0, 0.1) is 6.92 Å². The number of methoxy groups -OCH3 is 1. The molecule has 114 valence electrons. The number of aromatic nitrogens is 1. The zero-order valence-electron chi connectivity index (χ0n) is 12.2. The van der Waals surface area contributed by atoms with Gasteiger partial charge in [-0.2, -0.15) is 0 Å². The van der Waals surface area contributed by atoms with Crippen LogP contribution in [0.1, 0.15) is 16.8 Å². The van der Waals surface area contributed by atoms with Crippen molar-refractivity contribution in [2.75, 3.05) is 20.3 Å². The topological polar surface area (TPSA) is 43.4 Å². The van der Waals surface area contributed by atoms with E-state index in [-0.39, 0.29) is 0 Å². The fraction of sp³-hybridized carbons (Fsp3) is 0.400. The minimum Gasteiger partial charge on any atom is -0.487 e. The van der Waals surface area contributed by atoms with Crippen LogP contribution in [0.15, 0.2) is 27.5 Å². The number of nitrogens with one attached hydrogen (secondary N) is 1. The van der Waals surface area contributed by atoms with Crippen molar-refractivity contribution < 1.29 is 9.47 Å². The van der Waals surface area contributed by atoms with E-state index in [4.69, 9.17) is 9.47 Å². The van der Waals surface area contributed by atoms with E-state index in [0.29, 0.717) is 13.2 Å². The minimum atomic E-state index is 0.497. The summed E-state index contributed by atoms with van der Waals surface area (Å²) in [6.45, 7) is 4.81. The summed E-state index contributed by atoms with van der Waals surface area (Å²) in [6.07, 6.45) is 0. The molecule has 1 aromatic carbocycles. The highest BCUT2D eigenvalue weighted by molar-refractivity contribution is 9.10. The molecule has 0 aliphatic carbocycles. The first-order chi connectivity index (χ1) is 10.2. The second-order valence-electron chi connectivity index (χ2n) is 4.65. The molecule has 4 nitrogen and oxygen atoms in total. The Morgan fingerprint density at radius 2 is 2.24 bits per heavy atom. The van der Waals surface area contributed by atoms with Gasteiger partial charge >= 0.3 is 0 Å². The summed E-state index contributed by atoms with van der Waals surface area (Å²) in [5.41, 5.74) is 5.03. The lowest BCUT2D eigenvalue weighted by Gasteiger charge is -2.15. The third-order valence-corrected chi connectivity index (χ3v) is 4.06. The van der Waals surface area contributed by atoms with E-state index >= 15 is 0 Å².